The van der Waals surface area contributed by atoms with E-state index in [1.807, 2.05) is 18.4 Å². The molecule has 1 aliphatic carbocycles. The van der Waals surface area contributed by atoms with Gasteiger partial charge in [0.2, 0.25) is 5.75 Å². The van der Waals surface area contributed by atoms with Crippen molar-refractivity contribution in [3.63, 3.8) is 0 Å². The van der Waals surface area contributed by atoms with Crippen LogP contribution in [0.5, 0.6) is 17.2 Å². The Kier molecular flexibility index (Phi) is 8.55. The highest BCUT2D eigenvalue weighted by atomic mass is 32.2. The van der Waals surface area contributed by atoms with Crippen LogP contribution in [0.1, 0.15) is 39.6 Å². The Morgan fingerprint density at radius 1 is 1.13 bits per heavy atom. The second kappa shape index (κ2) is 12.0. The Bertz CT molecular complexity index is 1460. The van der Waals surface area contributed by atoms with Crippen molar-refractivity contribution in [3.8, 4) is 28.4 Å². The third-order valence-electron chi connectivity index (χ3n) is 6.43. The number of hydrogen-bond donors (Lipinski definition) is 1. The highest BCUT2D eigenvalue weighted by Gasteiger charge is 2.30. The minimum Gasteiger partial charge on any atom is -0.493 e. The van der Waals surface area contributed by atoms with Crippen molar-refractivity contribution >= 4 is 17.7 Å². The third kappa shape index (κ3) is 5.75. The first-order chi connectivity index (χ1) is 18.8. The molecule has 0 fully saturated rings. The summed E-state index contributed by atoms with van der Waals surface area (Å²) in [7, 11) is 4.63. The lowest BCUT2D eigenvalue weighted by Gasteiger charge is -2.20. The van der Waals surface area contributed by atoms with Crippen molar-refractivity contribution in [3.05, 3.63) is 85.3 Å². The normalized spacial score (nSPS) is 13.8. The predicted molar refractivity (Wildman–Crippen MR) is 144 cm³/mol. The summed E-state index contributed by atoms with van der Waals surface area (Å²) in [5.41, 5.74) is 3.46. The van der Waals surface area contributed by atoms with E-state index in [1.54, 1.807) is 26.4 Å². The monoisotopic (exact) mass is 553 g/mol. The fourth-order valence-electron chi connectivity index (χ4n) is 4.62. The van der Waals surface area contributed by atoms with E-state index < -0.39 is 17.0 Å². The highest BCUT2D eigenvalue weighted by Crippen LogP contribution is 2.50. The van der Waals surface area contributed by atoms with Gasteiger partial charge in [0, 0.05) is 11.8 Å². The van der Waals surface area contributed by atoms with E-state index in [4.69, 9.17) is 14.2 Å². The van der Waals surface area contributed by atoms with Crippen LogP contribution in [0, 0.1) is 10.1 Å². The number of nitrogens with zero attached hydrogens (tertiary/aromatic N) is 2. The minimum atomic E-state index is -0.906. The van der Waals surface area contributed by atoms with Crippen LogP contribution >= 0.6 is 11.8 Å². The smallest absolute Gasteiger partial charge is 0.294 e. The number of methoxy groups -OCH3 is 3. The van der Waals surface area contributed by atoms with Crippen molar-refractivity contribution in [2.45, 2.75) is 30.4 Å². The summed E-state index contributed by atoms with van der Waals surface area (Å²) in [6, 6.07) is 9.57. The van der Waals surface area contributed by atoms with Crippen LogP contribution < -0.4 is 25.0 Å². The highest BCUT2D eigenvalue weighted by molar-refractivity contribution is 7.98. The molecule has 11 nitrogen and oxygen atoms in total. The molecule has 0 bridgehead atoms. The first-order valence-electron chi connectivity index (χ1n) is 11.9. The number of nitrogens with one attached hydrogen (secondary N) is 1. The van der Waals surface area contributed by atoms with Gasteiger partial charge in [0.25, 0.3) is 11.0 Å². The molecule has 1 atom stereocenters. The van der Waals surface area contributed by atoms with Crippen LogP contribution in [0.4, 0.5) is 0 Å². The lowest BCUT2D eigenvalue weighted by atomic mass is 9.95. The van der Waals surface area contributed by atoms with E-state index in [0.717, 1.165) is 16.7 Å². The molecule has 1 N–H and O–H groups in total. The quantitative estimate of drug-likeness (QED) is 0.235. The Morgan fingerprint density at radius 3 is 2.51 bits per heavy atom. The number of hydrogen-bond acceptors (Lipinski definition) is 10. The molecular weight excluding hydrogens is 526 g/mol. The zero-order chi connectivity index (χ0) is 28.1. The topological polar surface area (TPSA) is 139 Å². The standard InChI is InChI=1S/C27H27N3O8S/c1-35-22-11-15-6-9-20(29-27(32)16-5-7-17(28-13-16)14-38-30(33)34)19-12-21(31)23(39-4)10-8-18(19)24(15)26(37-3)25(22)36-2/h5,7-8,10-13,20H,6,9,14H2,1-4H3,(H,29,32)/t20-/m0/s1. The minimum absolute atomic E-state index is 0.164. The van der Waals surface area contributed by atoms with E-state index in [-0.39, 0.29) is 17.6 Å². The Morgan fingerprint density at radius 2 is 1.90 bits per heavy atom. The number of carbonyl (C=O) groups is 1. The number of aromatic nitrogens is 1. The van der Waals surface area contributed by atoms with Gasteiger partial charge in [0.15, 0.2) is 16.9 Å². The molecule has 2 aromatic carbocycles. The second-order valence-corrected chi connectivity index (χ2v) is 9.41. The molecule has 3 aromatic rings. The van der Waals surface area contributed by atoms with E-state index in [0.29, 0.717) is 46.2 Å². The summed E-state index contributed by atoms with van der Waals surface area (Å²) in [5.74, 6) is 1.01. The van der Waals surface area contributed by atoms with Gasteiger partial charge >= 0.3 is 0 Å². The van der Waals surface area contributed by atoms with Gasteiger partial charge in [-0.05, 0) is 66.1 Å². The number of thioether (sulfide) groups is 1. The van der Waals surface area contributed by atoms with Crippen LogP contribution in [-0.4, -0.2) is 43.6 Å². The Hall–Kier alpha value is -4.32. The molecule has 1 amide bonds. The molecule has 0 aliphatic heterocycles. The number of ether oxygens (including phenoxy) is 3. The molecule has 39 heavy (non-hydrogen) atoms. The van der Waals surface area contributed by atoms with E-state index in [1.165, 1.54) is 37.2 Å². The molecule has 1 aromatic heterocycles. The van der Waals surface area contributed by atoms with Crippen LogP contribution in [0.15, 0.2) is 52.3 Å². The molecule has 0 saturated heterocycles. The number of amides is 1. The number of pyridine rings is 1. The molecule has 204 valence electrons. The molecule has 0 spiro atoms. The number of fused-ring (bicyclic) bond motifs is 3. The Balaban J connectivity index is 1.79. The summed E-state index contributed by atoms with van der Waals surface area (Å²) in [5, 5.41) is 12.6. The fraction of sp³-hybridized carbons (Fsp3) is 0.296. The van der Waals surface area contributed by atoms with Gasteiger partial charge in [0.05, 0.1) is 43.5 Å². The van der Waals surface area contributed by atoms with Gasteiger partial charge < -0.3 is 24.4 Å². The number of aryl methyl sites for hydroxylation is 1. The van der Waals surface area contributed by atoms with Crippen LogP contribution in [0.3, 0.4) is 0 Å². The van der Waals surface area contributed by atoms with Crippen LogP contribution in [0.2, 0.25) is 0 Å². The van der Waals surface area contributed by atoms with Crippen LogP contribution in [-0.2, 0) is 17.9 Å². The number of benzene rings is 1. The van der Waals surface area contributed by atoms with Gasteiger partial charge in [-0.2, -0.15) is 0 Å². The summed E-state index contributed by atoms with van der Waals surface area (Å²) < 4.78 is 17.0. The fourth-order valence-corrected chi connectivity index (χ4v) is 5.09. The van der Waals surface area contributed by atoms with E-state index >= 15 is 0 Å². The first-order valence-corrected chi connectivity index (χ1v) is 13.1. The van der Waals surface area contributed by atoms with E-state index in [9.17, 15) is 19.7 Å². The van der Waals surface area contributed by atoms with Crippen molar-refractivity contribution < 1.29 is 28.9 Å². The molecule has 1 heterocycles. The molecule has 0 unspecified atom stereocenters. The van der Waals surface area contributed by atoms with Gasteiger partial charge in [0.1, 0.15) is 6.61 Å². The maximum atomic E-state index is 13.3. The van der Waals surface area contributed by atoms with Gasteiger partial charge in [-0.1, -0.05) is 6.07 Å². The molecule has 1 aliphatic rings. The SMILES string of the molecule is COc1cc2c(c(OC)c1OC)-c1ccc(SC)c(=O)cc1[C@@H](NC(=O)c1ccc(CO[N+](=O)[O-])nc1)CC2. The van der Waals surface area contributed by atoms with Gasteiger partial charge in [-0.3, -0.25) is 14.6 Å². The number of carbonyl (C=O) groups excluding carboxylic acids is 1. The zero-order valence-corrected chi connectivity index (χ0v) is 22.6. The second-order valence-electron chi connectivity index (χ2n) is 8.56. The number of rotatable bonds is 9. The van der Waals surface area contributed by atoms with Crippen LogP contribution in [0.25, 0.3) is 11.1 Å². The average Bonchev–Trinajstić information content (AvgIpc) is 3.19. The molecule has 4 rings (SSSR count). The largest absolute Gasteiger partial charge is 0.493 e. The lowest BCUT2D eigenvalue weighted by molar-refractivity contribution is -0.763. The van der Waals surface area contributed by atoms with Crippen molar-refractivity contribution in [2.75, 3.05) is 27.6 Å². The molecule has 0 saturated carbocycles. The van der Waals surface area contributed by atoms with Gasteiger partial charge in [-0.25, -0.2) is 0 Å². The summed E-state index contributed by atoms with van der Waals surface area (Å²) >= 11 is 1.34. The average molecular weight is 554 g/mol. The predicted octanol–water partition coefficient (Wildman–Crippen LogP) is 3.98. The van der Waals surface area contributed by atoms with E-state index in [2.05, 4.69) is 15.1 Å². The lowest BCUT2D eigenvalue weighted by Crippen LogP contribution is -2.29. The van der Waals surface area contributed by atoms with Crippen molar-refractivity contribution in [1.82, 2.24) is 10.3 Å². The summed E-state index contributed by atoms with van der Waals surface area (Å²) in [4.78, 5) is 45.7. The molecular formula is C27H27N3O8S. The maximum absolute atomic E-state index is 13.3. The first kappa shape index (κ1) is 27.7. The Labute approximate surface area is 228 Å². The van der Waals surface area contributed by atoms with Crippen molar-refractivity contribution in [1.29, 1.82) is 0 Å². The summed E-state index contributed by atoms with van der Waals surface area (Å²) in [6.45, 7) is -0.321. The zero-order valence-electron chi connectivity index (χ0n) is 21.8. The van der Waals surface area contributed by atoms with Gasteiger partial charge in [-0.15, -0.1) is 21.9 Å². The maximum Gasteiger partial charge on any atom is 0.294 e. The molecule has 0 radical (unpaired) electrons. The summed E-state index contributed by atoms with van der Waals surface area (Å²) in [6.07, 6.45) is 4.20. The third-order valence-corrected chi connectivity index (χ3v) is 7.21. The molecule has 12 heteroatoms. The van der Waals surface area contributed by atoms with Crippen molar-refractivity contribution in [2.24, 2.45) is 0 Å².